The number of hydrogen-bond acceptors (Lipinski definition) is 4. The summed E-state index contributed by atoms with van der Waals surface area (Å²) in [5.41, 5.74) is 6.41. The molecule has 1 aromatic carbocycles. The lowest BCUT2D eigenvalue weighted by Gasteiger charge is -2.01. The van der Waals surface area contributed by atoms with Crippen LogP contribution in [0.2, 0.25) is 0 Å². The molecule has 4 aromatic rings. The Morgan fingerprint density at radius 2 is 1.96 bits per heavy atom. The van der Waals surface area contributed by atoms with E-state index < -0.39 is 0 Å². The summed E-state index contributed by atoms with van der Waals surface area (Å²) in [5.74, 6) is 0.660. The van der Waals surface area contributed by atoms with Gasteiger partial charge in [-0.3, -0.25) is 0 Å². The third-order valence-corrected chi connectivity index (χ3v) is 4.97. The van der Waals surface area contributed by atoms with Crippen LogP contribution in [0.1, 0.15) is 36.7 Å². The molecular weight excluding hydrogens is 380 g/mol. The number of hydrogen-bond donors (Lipinski definition) is 1. The van der Waals surface area contributed by atoms with E-state index in [1.165, 1.54) is 12.0 Å². The number of halogens is 1. The van der Waals surface area contributed by atoms with E-state index in [-0.39, 0.29) is 0 Å². The summed E-state index contributed by atoms with van der Waals surface area (Å²) in [6.07, 6.45) is 3.38. The molecule has 6 nitrogen and oxygen atoms in total. The Hall–Kier alpha value is -2.28. The average molecular weight is 399 g/mol. The second-order valence-electron chi connectivity index (χ2n) is 6.25. The van der Waals surface area contributed by atoms with Crippen molar-refractivity contribution in [2.45, 2.75) is 40.0 Å². The molecule has 4 rings (SSSR count). The molecule has 0 amide bonds. The number of aromatic amines is 1. The predicted octanol–water partition coefficient (Wildman–Crippen LogP) is 4.41. The Balaban J connectivity index is 1.83. The van der Waals surface area contributed by atoms with Gasteiger partial charge in [0.1, 0.15) is 0 Å². The van der Waals surface area contributed by atoms with Crippen LogP contribution in [-0.4, -0.2) is 29.7 Å². The normalized spacial score (nSPS) is 11.7. The molecule has 0 spiro atoms. The highest BCUT2D eigenvalue weighted by molar-refractivity contribution is 9.10. The van der Waals surface area contributed by atoms with Crippen LogP contribution < -0.4 is 0 Å². The van der Waals surface area contributed by atoms with Gasteiger partial charge in [0, 0.05) is 10.2 Å². The molecule has 0 aliphatic carbocycles. The van der Waals surface area contributed by atoms with Crippen LogP contribution >= 0.6 is 15.9 Å². The first-order valence-corrected chi connectivity index (χ1v) is 9.24. The summed E-state index contributed by atoms with van der Waals surface area (Å²) >= 11 is 3.47. The van der Waals surface area contributed by atoms with Crippen molar-refractivity contribution in [1.82, 2.24) is 29.7 Å². The van der Waals surface area contributed by atoms with Crippen LogP contribution in [0, 0.1) is 13.8 Å². The Bertz CT molecular complexity index is 1080. The number of benzene rings is 1. The van der Waals surface area contributed by atoms with Gasteiger partial charge in [-0.15, -0.1) is 0 Å². The number of nitrogens with one attached hydrogen (secondary N) is 1. The Morgan fingerprint density at radius 3 is 2.76 bits per heavy atom. The number of aromatic nitrogens is 6. The fourth-order valence-corrected chi connectivity index (χ4v) is 3.46. The number of nitrogens with zero attached hydrogens (tertiary/aromatic N) is 5. The van der Waals surface area contributed by atoms with Crippen molar-refractivity contribution >= 4 is 38.3 Å². The second-order valence-corrected chi connectivity index (χ2v) is 7.17. The highest BCUT2D eigenvalue weighted by Crippen LogP contribution is 2.22. The smallest absolute Gasteiger partial charge is 0.232 e. The monoisotopic (exact) mass is 398 g/mol. The molecular formula is C18H19BrN6. The summed E-state index contributed by atoms with van der Waals surface area (Å²) in [5, 5.41) is 4.67. The minimum atomic E-state index is 0.604. The van der Waals surface area contributed by atoms with E-state index in [0.29, 0.717) is 17.2 Å². The third-order valence-electron chi connectivity index (χ3n) is 4.47. The number of imidazole rings is 1. The van der Waals surface area contributed by atoms with Crippen molar-refractivity contribution in [3.8, 4) is 5.95 Å². The SMILES string of the molecule is CCCCc1c(C)nn(-c2nc3nc4ccc(Br)cc4nc3[nH]2)c1C. The molecule has 0 bridgehead atoms. The maximum Gasteiger partial charge on any atom is 0.232 e. The minimum absolute atomic E-state index is 0.604. The van der Waals surface area contributed by atoms with Crippen LogP contribution in [-0.2, 0) is 6.42 Å². The number of fused-ring (bicyclic) bond motifs is 2. The molecule has 0 fully saturated rings. The predicted molar refractivity (Wildman–Crippen MR) is 102 cm³/mol. The van der Waals surface area contributed by atoms with Gasteiger partial charge in [-0.25, -0.2) is 14.6 Å². The van der Waals surface area contributed by atoms with Gasteiger partial charge < -0.3 is 4.98 Å². The highest BCUT2D eigenvalue weighted by Gasteiger charge is 2.16. The van der Waals surface area contributed by atoms with Gasteiger partial charge in [-0.1, -0.05) is 29.3 Å². The summed E-state index contributed by atoms with van der Waals surface area (Å²) in [6, 6.07) is 5.85. The molecule has 0 saturated heterocycles. The largest absolute Gasteiger partial charge is 0.305 e. The Kier molecular flexibility index (Phi) is 4.03. The molecule has 1 N–H and O–H groups in total. The molecule has 0 aliphatic rings. The number of aryl methyl sites for hydroxylation is 1. The second kappa shape index (κ2) is 6.22. The summed E-state index contributed by atoms with van der Waals surface area (Å²) in [6.45, 7) is 6.35. The Labute approximate surface area is 153 Å². The van der Waals surface area contributed by atoms with Crippen molar-refractivity contribution in [2.75, 3.05) is 0 Å². The summed E-state index contributed by atoms with van der Waals surface area (Å²) in [7, 11) is 0. The zero-order valence-corrected chi connectivity index (χ0v) is 16.1. The van der Waals surface area contributed by atoms with E-state index >= 15 is 0 Å². The maximum atomic E-state index is 4.67. The van der Waals surface area contributed by atoms with Crippen molar-refractivity contribution in [1.29, 1.82) is 0 Å². The maximum absolute atomic E-state index is 4.67. The highest BCUT2D eigenvalue weighted by atomic mass is 79.9. The van der Waals surface area contributed by atoms with E-state index in [2.05, 4.69) is 61.7 Å². The van der Waals surface area contributed by atoms with Crippen LogP contribution in [0.4, 0.5) is 0 Å². The van der Waals surface area contributed by atoms with Gasteiger partial charge in [0.25, 0.3) is 0 Å². The molecule has 25 heavy (non-hydrogen) atoms. The standard InChI is InChI=1S/C18H19BrN6/c1-4-5-6-13-10(2)24-25(11(13)3)18-22-16-17(23-18)21-15-9-12(19)7-8-14(15)20-16/h7-9H,4-6H2,1-3H3,(H,20,21,22,23). The number of H-pyrrole nitrogens is 1. The van der Waals surface area contributed by atoms with E-state index in [4.69, 9.17) is 0 Å². The number of rotatable bonds is 4. The lowest BCUT2D eigenvalue weighted by molar-refractivity contribution is 0.776. The first-order valence-electron chi connectivity index (χ1n) is 8.45. The molecule has 0 unspecified atom stereocenters. The molecule has 0 atom stereocenters. The van der Waals surface area contributed by atoms with Crippen molar-refractivity contribution in [3.05, 3.63) is 39.6 Å². The zero-order valence-electron chi connectivity index (χ0n) is 14.5. The molecule has 3 heterocycles. The van der Waals surface area contributed by atoms with Crippen LogP contribution in [0.3, 0.4) is 0 Å². The topological polar surface area (TPSA) is 72.3 Å². The quantitative estimate of drug-likeness (QED) is 0.552. The van der Waals surface area contributed by atoms with E-state index in [0.717, 1.165) is 39.7 Å². The van der Waals surface area contributed by atoms with Gasteiger partial charge in [-0.2, -0.15) is 10.1 Å². The first-order chi connectivity index (χ1) is 12.1. The average Bonchev–Trinajstić information content (AvgIpc) is 3.11. The van der Waals surface area contributed by atoms with Gasteiger partial charge >= 0.3 is 0 Å². The fraction of sp³-hybridized carbons (Fsp3) is 0.333. The van der Waals surface area contributed by atoms with Crippen molar-refractivity contribution in [2.24, 2.45) is 0 Å². The number of unbranched alkanes of at least 4 members (excludes halogenated alkanes) is 1. The molecule has 0 saturated carbocycles. The van der Waals surface area contributed by atoms with Gasteiger partial charge in [0.2, 0.25) is 5.95 Å². The first kappa shape index (κ1) is 16.2. The van der Waals surface area contributed by atoms with Crippen LogP contribution in [0.5, 0.6) is 0 Å². The van der Waals surface area contributed by atoms with Gasteiger partial charge in [-0.05, 0) is 50.5 Å². The molecule has 0 aliphatic heterocycles. The summed E-state index contributed by atoms with van der Waals surface area (Å²) < 4.78 is 2.84. The van der Waals surface area contributed by atoms with Crippen molar-refractivity contribution in [3.63, 3.8) is 0 Å². The van der Waals surface area contributed by atoms with Crippen LogP contribution in [0.15, 0.2) is 22.7 Å². The molecule has 7 heteroatoms. The molecule has 3 aromatic heterocycles. The lowest BCUT2D eigenvalue weighted by Crippen LogP contribution is -2.01. The fourth-order valence-electron chi connectivity index (χ4n) is 3.11. The zero-order chi connectivity index (χ0) is 17.6. The molecule has 0 radical (unpaired) electrons. The van der Waals surface area contributed by atoms with Gasteiger partial charge in [0.05, 0.1) is 16.7 Å². The van der Waals surface area contributed by atoms with E-state index in [1.54, 1.807) is 0 Å². The summed E-state index contributed by atoms with van der Waals surface area (Å²) in [4.78, 5) is 17.1. The lowest BCUT2D eigenvalue weighted by atomic mass is 10.1. The Morgan fingerprint density at radius 1 is 1.12 bits per heavy atom. The van der Waals surface area contributed by atoms with E-state index in [1.807, 2.05) is 22.9 Å². The minimum Gasteiger partial charge on any atom is -0.305 e. The molecule has 128 valence electrons. The van der Waals surface area contributed by atoms with Crippen molar-refractivity contribution < 1.29 is 0 Å². The van der Waals surface area contributed by atoms with Crippen LogP contribution in [0.25, 0.3) is 28.3 Å². The van der Waals surface area contributed by atoms with E-state index in [9.17, 15) is 0 Å². The van der Waals surface area contributed by atoms with Gasteiger partial charge in [0.15, 0.2) is 11.3 Å². The third kappa shape index (κ3) is 2.82.